The first-order valence-electron chi connectivity index (χ1n) is 22.8. The summed E-state index contributed by atoms with van der Waals surface area (Å²) in [5.74, 6) is 0. The van der Waals surface area contributed by atoms with Crippen molar-refractivity contribution in [2.75, 3.05) is 0 Å². The van der Waals surface area contributed by atoms with E-state index in [4.69, 9.17) is 4.99 Å². The van der Waals surface area contributed by atoms with Gasteiger partial charge in [0.15, 0.2) is 5.66 Å². The van der Waals surface area contributed by atoms with Crippen LogP contribution in [0.3, 0.4) is 0 Å². The molecular formula is C63H44N2S2. The van der Waals surface area contributed by atoms with Gasteiger partial charge in [0.2, 0.25) is 0 Å². The predicted molar refractivity (Wildman–Crippen MR) is 288 cm³/mol. The summed E-state index contributed by atoms with van der Waals surface area (Å²) >= 11 is 3.77. The normalized spacial score (nSPS) is 14.7. The molecule has 318 valence electrons. The van der Waals surface area contributed by atoms with E-state index in [2.05, 4.69) is 255 Å². The number of thiophene rings is 2. The Morgan fingerprint density at radius 3 is 1.21 bits per heavy atom. The van der Waals surface area contributed by atoms with Crippen LogP contribution in [0.1, 0.15) is 23.6 Å². The predicted octanol–water partition coefficient (Wildman–Crippen LogP) is 17.4. The van der Waals surface area contributed by atoms with Crippen molar-refractivity contribution in [1.29, 1.82) is 0 Å². The van der Waals surface area contributed by atoms with Gasteiger partial charge >= 0.3 is 0 Å². The number of allylic oxidation sites excluding steroid dienone is 1. The first kappa shape index (κ1) is 40.6. The van der Waals surface area contributed by atoms with E-state index in [0.717, 1.165) is 39.2 Å². The molecule has 2 nitrogen and oxygen atoms in total. The van der Waals surface area contributed by atoms with Crippen LogP contribution in [-0.2, 0) is 5.66 Å². The Hall–Kier alpha value is -7.89. The lowest BCUT2D eigenvalue weighted by molar-refractivity contribution is 0.447. The molecule has 67 heavy (non-hydrogen) atoms. The van der Waals surface area contributed by atoms with Gasteiger partial charge in [-0.25, -0.2) is 0 Å². The average Bonchev–Trinajstić information content (AvgIpc) is 4.00. The van der Waals surface area contributed by atoms with Crippen molar-refractivity contribution >= 4 is 54.3 Å². The molecule has 12 rings (SSSR count). The lowest BCUT2D eigenvalue weighted by atomic mass is 9.90. The summed E-state index contributed by atoms with van der Waals surface area (Å²) in [6.45, 7) is 2.19. The van der Waals surface area contributed by atoms with Crippen LogP contribution < -0.4 is 5.32 Å². The van der Waals surface area contributed by atoms with Crippen molar-refractivity contribution in [2.24, 2.45) is 4.99 Å². The summed E-state index contributed by atoms with van der Waals surface area (Å²) in [5, 5.41) is 6.36. The molecule has 0 amide bonds. The number of nitrogens with one attached hydrogen (secondary N) is 1. The Kier molecular flexibility index (Phi) is 10.4. The SMILES string of the molecule is CC1(c2ccccc2)N=C(c2cc(-c3cccc4c(-c5ccccc5)c(-c5ccccc5)sc34)cc(-c3cccc4c(-c5ccccc5)c(-c5ccccc5)sc34)c2)C=C(c2ccccc2)N1. The van der Waals surface area contributed by atoms with E-state index in [9.17, 15) is 0 Å². The molecule has 2 aromatic heterocycles. The van der Waals surface area contributed by atoms with Crippen LogP contribution in [0.5, 0.6) is 0 Å². The maximum Gasteiger partial charge on any atom is 0.153 e. The zero-order valence-electron chi connectivity index (χ0n) is 36.9. The summed E-state index contributed by atoms with van der Waals surface area (Å²) in [6.07, 6.45) is 2.24. The third kappa shape index (κ3) is 7.51. The summed E-state index contributed by atoms with van der Waals surface area (Å²) < 4.78 is 2.52. The molecule has 1 N–H and O–H groups in total. The fraction of sp³-hybridized carbons (Fsp3) is 0.0317. The molecule has 0 aliphatic carbocycles. The first-order valence-corrected chi connectivity index (χ1v) is 24.4. The molecule has 9 aromatic carbocycles. The number of hydrogen-bond acceptors (Lipinski definition) is 4. The summed E-state index contributed by atoms with van der Waals surface area (Å²) in [4.78, 5) is 8.20. The molecule has 0 saturated heterocycles. The van der Waals surface area contributed by atoms with Crippen molar-refractivity contribution in [3.63, 3.8) is 0 Å². The minimum atomic E-state index is -0.724. The van der Waals surface area contributed by atoms with Crippen LogP contribution in [0, 0.1) is 0 Å². The van der Waals surface area contributed by atoms with Gasteiger partial charge in [0, 0.05) is 52.3 Å². The zero-order chi connectivity index (χ0) is 44.7. The molecule has 11 aromatic rings. The second-order valence-corrected chi connectivity index (χ2v) is 19.3. The monoisotopic (exact) mass is 892 g/mol. The third-order valence-corrected chi connectivity index (χ3v) is 15.5. The van der Waals surface area contributed by atoms with Crippen molar-refractivity contribution in [2.45, 2.75) is 12.6 Å². The quantitative estimate of drug-likeness (QED) is 0.153. The highest BCUT2D eigenvalue weighted by Crippen LogP contribution is 2.51. The van der Waals surface area contributed by atoms with E-state index < -0.39 is 5.66 Å². The highest BCUT2D eigenvalue weighted by atomic mass is 32.1. The number of nitrogens with zero attached hydrogens (tertiary/aromatic N) is 1. The van der Waals surface area contributed by atoms with E-state index in [-0.39, 0.29) is 0 Å². The fourth-order valence-corrected chi connectivity index (χ4v) is 12.4. The summed E-state index contributed by atoms with van der Waals surface area (Å²) in [5.41, 5.74) is 16.6. The largest absolute Gasteiger partial charge is 0.357 e. The molecule has 0 bridgehead atoms. The van der Waals surface area contributed by atoms with E-state index in [1.165, 1.54) is 74.4 Å². The second-order valence-electron chi connectivity index (χ2n) is 17.2. The van der Waals surface area contributed by atoms with Crippen LogP contribution >= 0.6 is 22.7 Å². The summed E-state index contributed by atoms with van der Waals surface area (Å²) in [7, 11) is 0. The van der Waals surface area contributed by atoms with Crippen LogP contribution in [0.2, 0.25) is 0 Å². The van der Waals surface area contributed by atoms with Gasteiger partial charge < -0.3 is 5.32 Å². The number of fused-ring (bicyclic) bond motifs is 2. The van der Waals surface area contributed by atoms with Crippen LogP contribution in [0.4, 0.5) is 0 Å². The van der Waals surface area contributed by atoms with Gasteiger partial charge in [-0.15, -0.1) is 22.7 Å². The molecule has 3 heterocycles. The summed E-state index contributed by atoms with van der Waals surface area (Å²) in [6, 6.07) is 85.5. The highest BCUT2D eigenvalue weighted by molar-refractivity contribution is 7.24. The molecule has 0 fully saturated rings. The van der Waals surface area contributed by atoms with Crippen molar-refractivity contribution in [3.05, 3.63) is 259 Å². The molecule has 1 unspecified atom stereocenters. The zero-order valence-corrected chi connectivity index (χ0v) is 38.5. The standard InChI is InChI=1S/C63H44N2S2/c1-63(50-32-18-7-19-33-50)64-55(42-22-8-2-9-23-42)41-56(65-63)49-39-47(51-34-20-36-53-57(43-24-10-3-11-25-43)59(66-61(51)53)45-28-14-5-15-29-45)38-48(40-49)52-35-21-37-54-58(44-26-12-4-13-27-44)60(67-62(52)54)46-30-16-6-17-31-46/h2-41,64H,1H3. The van der Waals surface area contributed by atoms with Gasteiger partial charge in [0.25, 0.3) is 0 Å². The number of aliphatic imine (C=N–C) groups is 1. The maximum atomic E-state index is 5.65. The van der Waals surface area contributed by atoms with Crippen LogP contribution in [0.25, 0.3) is 91.3 Å². The van der Waals surface area contributed by atoms with Gasteiger partial charge in [-0.1, -0.05) is 218 Å². The van der Waals surface area contributed by atoms with Gasteiger partial charge in [-0.2, -0.15) is 0 Å². The number of benzene rings is 9. The molecule has 0 spiro atoms. The number of hydrogen-bond donors (Lipinski definition) is 1. The van der Waals surface area contributed by atoms with Crippen LogP contribution in [-0.4, -0.2) is 5.71 Å². The maximum absolute atomic E-state index is 5.65. The lowest BCUT2D eigenvalue weighted by Crippen LogP contribution is -2.40. The van der Waals surface area contributed by atoms with Crippen molar-refractivity contribution < 1.29 is 0 Å². The molecule has 0 saturated carbocycles. The highest BCUT2D eigenvalue weighted by Gasteiger charge is 2.31. The first-order chi connectivity index (χ1) is 33.1. The van der Waals surface area contributed by atoms with E-state index in [1.54, 1.807) is 0 Å². The molecule has 1 aliphatic rings. The van der Waals surface area contributed by atoms with Gasteiger partial charge in [-0.05, 0) is 86.8 Å². The minimum Gasteiger partial charge on any atom is -0.357 e. The second kappa shape index (κ2) is 17.2. The van der Waals surface area contributed by atoms with E-state index in [0.29, 0.717) is 0 Å². The van der Waals surface area contributed by atoms with E-state index in [1.807, 2.05) is 22.7 Å². The Balaban J connectivity index is 1.14. The average molecular weight is 893 g/mol. The minimum absolute atomic E-state index is 0.724. The Morgan fingerprint density at radius 2 is 0.761 bits per heavy atom. The third-order valence-electron chi connectivity index (χ3n) is 12.9. The van der Waals surface area contributed by atoms with E-state index >= 15 is 0 Å². The number of rotatable bonds is 9. The molecule has 1 atom stereocenters. The van der Waals surface area contributed by atoms with Gasteiger partial charge in [0.05, 0.1) is 5.71 Å². The van der Waals surface area contributed by atoms with Gasteiger partial charge in [0.1, 0.15) is 0 Å². The Morgan fingerprint density at radius 1 is 0.373 bits per heavy atom. The van der Waals surface area contributed by atoms with Crippen LogP contribution in [0.15, 0.2) is 248 Å². The smallest absolute Gasteiger partial charge is 0.153 e. The van der Waals surface area contributed by atoms with Gasteiger partial charge in [-0.3, -0.25) is 4.99 Å². The lowest BCUT2D eigenvalue weighted by Gasteiger charge is -2.34. The Bertz CT molecular complexity index is 3450. The molecular weight excluding hydrogens is 849 g/mol. The molecule has 4 heteroatoms. The van der Waals surface area contributed by atoms with Crippen molar-refractivity contribution in [1.82, 2.24) is 5.32 Å². The topological polar surface area (TPSA) is 24.4 Å². The Labute approximate surface area is 399 Å². The van der Waals surface area contributed by atoms with Crippen molar-refractivity contribution in [3.8, 4) is 65.4 Å². The molecule has 0 radical (unpaired) electrons. The molecule has 1 aliphatic heterocycles. The fourth-order valence-electron chi connectivity index (χ4n) is 9.70.